The van der Waals surface area contributed by atoms with Crippen molar-refractivity contribution >= 4 is 33.2 Å². The van der Waals surface area contributed by atoms with Crippen molar-refractivity contribution in [3.8, 4) is 0 Å². The number of anilines is 1. The molecule has 0 fully saturated rings. The molecule has 0 unspecified atom stereocenters. The van der Waals surface area contributed by atoms with E-state index in [0.29, 0.717) is 5.88 Å². The molecule has 0 amide bonds. The van der Waals surface area contributed by atoms with Crippen molar-refractivity contribution in [2.24, 2.45) is 0 Å². The molecule has 4 heteroatoms. The molecule has 1 aromatic carbocycles. The Balaban J connectivity index is 2.64. The zero-order valence-corrected chi connectivity index (χ0v) is 12.9. The highest BCUT2D eigenvalue weighted by atomic mass is 79.9. The third-order valence-electron chi connectivity index (χ3n) is 2.47. The maximum absolute atomic E-state index is 5.95. The van der Waals surface area contributed by atoms with Crippen molar-refractivity contribution in [3.05, 3.63) is 28.2 Å². The molecule has 0 saturated carbocycles. The second kappa shape index (κ2) is 7.24. The van der Waals surface area contributed by atoms with Crippen molar-refractivity contribution in [1.29, 1.82) is 0 Å². The molecule has 0 aliphatic carbocycles. The van der Waals surface area contributed by atoms with Crippen LogP contribution in [-0.2, 0) is 10.6 Å². The predicted molar refractivity (Wildman–Crippen MR) is 78.1 cm³/mol. The Labute approximate surface area is 117 Å². The quantitative estimate of drug-likeness (QED) is 0.733. The number of nitrogens with zero attached hydrogens (tertiary/aromatic N) is 1. The van der Waals surface area contributed by atoms with E-state index in [-0.39, 0.29) is 6.10 Å². The first-order chi connectivity index (χ1) is 8.04. The summed E-state index contributed by atoms with van der Waals surface area (Å²) in [7, 11) is 2.06. The lowest BCUT2D eigenvalue weighted by atomic mass is 10.2. The number of hydrogen-bond acceptors (Lipinski definition) is 2. The van der Waals surface area contributed by atoms with Gasteiger partial charge in [-0.15, -0.1) is 11.6 Å². The van der Waals surface area contributed by atoms with Crippen molar-refractivity contribution in [2.45, 2.75) is 25.8 Å². The molecule has 0 spiro atoms. The maximum Gasteiger partial charge on any atom is 0.0644 e. The van der Waals surface area contributed by atoms with Gasteiger partial charge in [0, 0.05) is 29.6 Å². The van der Waals surface area contributed by atoms with Crippen LogP contribution in [0.2, 0.25) is 0 Å². The molecule has 1 rings (SSSR count). The minimum atomic E-state index is 0.279. The van der Waals surface area contributed by atoms with Gasteiger partial charge in [-0.3, -0.25) is 0 Å². The molecule has 17 heavy (non-hydrogen) atoms. The van der Waals surface area contributed by atoms with E-state index >= 15 is 0 Å². The predicted octanol–water partition coefficient (Wildman–Crippen LogP) is 4.05. The number of likely N-dealkylation sites (N-methyl/N-ethyl adjacent to an activating group) is 1. The van der Waals surface area contributed by atoms with Crippen molar-refractivity contribution in [2.75, 3.05) is 25.1 Å². The largest absolute Gasteiger partial charge is 0.377 e. The Bertz CT molecular complexity index is 357. The SMILES string of the molecule is CC(C)OCCN(C)c1ccc(Br)cc1CCl. The van der Waals surface area contributed by atoms with Gasteiger partial charge >= 0.3 is 0 Å². The third-order valence-corrected chi connectivity index (χ3v) is 3.26. The van der Waals surface area contributed by atoms with Crippen molar-refractivity contribution < 1.29 is 4.74 Å². The molecule has 0 aliphatic rings. The summed E-state index contributed by atoms with van der Waals surface area (Å²) < 4.78 is 6.61. The number of alkyl halides is 1. The summed E-state index contributed by atoms with van der Waals surface area (Å²) in [6.45, 7) is 5.68. The smallest absolute Gasteiger partial charge is 0.0644 e. The van der Waals surface area contributed by atoms with E-state index in [0.717, 1.165) is 28.9 Å². The lowest BCUT2D eigenvalue weighted by molar-refractivity contribution is 0.0846. The number of halogens is 2. The zero-order chi connectivity index (χ0) is 12.8. The Hall–Kier alpha value is -0.250. The van der Waals surface area contributed by atoms with E-state index in [4.69, 9.17) is 16.3 Å². The van der Waals surface area contributed by atoms with E-state index in [2.05, 4.69) is 40.0 Å². The van der Waals surface area contributed by atoms with Crippen molar-refractivity contribution in [1.82, 2.24) is 0 Å². The molecular weight excluding hydrogens is 302 g/mol. The van der Waals surface area contributed by atoms with E-state index in [1.54, 1.807) is 0 Å². The molecule has 0 saturated heterocycles. The van der Waals surface area contributed by atoms with Crippen LogP contribution in [0.1, 0.15) is 19.4 Å². The number of ether oxygens (including phenoxy) is 1. The topological polar surface area (TPSA) is 12.5 Å². The van der Waals surface area contributed by atoms with Crippen LogP contribution in [0.15, 0.2) is 22.7 Å². The highest BCUT2D eigenvalue weighted by Crippen LogP contribution is 2.25. The Morgan fingerprint density at radius 3 is 2.71 bits per heavy atom. The second-order valence-corrected chi connectivity index (χ2v) is 5.43. The molecule has 0 bridgehead atoms. The fraction of sp³-hybridized carbons (Fsp3) is 0.538. The van der Waals surface area contributed by atoms with Gasteiger partial charge in [-0.1, -0.05) is 15.9 Å². The summed E-state index contributed by atoms with van der Waals surface area (Å²) in [4.78, 5) is 2.17. The summed E-state index contributed by atoms with van der Waals surface area (Å²) >= 11 is 9.41. The summed E-state index contributed by atoms with van der Waals surface area (Å²) in [5.74, 6) is 0.518. The van der Waals surface area contributed by atoms with Gasteiger partial charge in [0.15, 0.2) is 0 Å². The van der Waals surface area contributed by atoms with E-state index in [9.17, 15) is 0 Å². The van der Waals surface area contributed by atoms with Crippen LogP contribution in [0.25, 0.3) is 0 Å². The van der Waals surface area contributed by atoms with Gasteiger partial charge in [-0.25, -0.2) is 0 Å². The molecule has 2 nitrogen and oxygen atoms in total. The first-order valence-corrected chi connectivity index (χ1v) is 7.04. The van der Waals surface area contributed by atoms with Crippen LogP contribution in [0.3, 0.4) is 0 Å². The monoisotopic (exact) mass is 319 g/mol. The Morgan fingerprint density at radius 2 is 2.12 bits per heavy atom. The molecule has 0 radical (unpaired) electrons. The first kappa shape index (κ1) is 14.8. The van der Waals surface area contributed by atoms with Crippen LogP contribution >= 0.6 is 27.5 Å². The molecule has 0 heterocycles. The number of hydrogen-bond donors (Lipinski definition) is 0. The van der Waals surface area contributed by atoms with Crippen LogP contribution < -0.4 is 4.90 Å². The van der Waals surface area contributed by atoms with Gasteiger partial charge in [0.25, 0.3) is 0 Å². The van der Waals surface area contributed by atoms with Gasteiger partial charge < -0.3 is 9.64 Å². The minimum Gasteiger partial charge on any atom is -0.377 e. The van der Waals surface area contributed by atoms with Gasteiger partial charge in [-0.2, -0.15) is 0 Å². The van der Waals surface area contributed by atoms with E-state index in [1.807, 2.05) is 19.9 Å². The molecule has 0 aromatic heterocycles. The fourth-order valence-corrected chi connectivity index (χ4v) is 2.20. The molecule has 0 aliphatic heterocycles. The van der Waals surface area contributed by atoms with Crippen molar-refractivity contribution in [3.63, 3.8) is 0 Å². The van der Waals surface area contributed by atoms with Crippen LogP contribution in [0.5, 0.6) is 0 Å². The molecule has 1 aromatic rings. The number of benzene rings is 1. The molecular formula is C13H19BrClNO. The van der Waals surface area contributed by atoms with Crippen LogP contribution in [0.4, 0.5) is 5.69 Å². The maximum atomic E-state index is 5.95. The second-order valence-electron chi connectivity index (χ2n) is 4.25. The zero-order valence-electron chi connectivity index (χ0n) is 10.5. The highest BCUT2D eigenvalue weighted by Gasteiger charge is 2.07. The van der Waals surface area contributed by atoms with Gasteiger partial charge in [0.05, 0.1) is 12.7 Å². The van der Waals surface area contributed by atoms with Crippen LogP contribution in [-0.4, -0.2) is 26.3 Å². The van der Waals surface area contributed by atoms with E-state index < -0.39 is 0 Å². The lowest BCUT2D eigenvalue weighted by Gasteiger charge is -2.22. The molecule has 0 atom stereocenters. The number of rotatable bonds is 6. The van der Waals surface area contributed by atoms with Gasteiger partial charge in [-0.05, 0) is 37.6 Å². The van der Waals surface area contributed by atoms with E-state index in [1.165, 1.54) is 0 Å². The molecule has 0 N–H and O–H groups in total. The average molecular weight is 321 g/mol. The summed E-state index contributed by atoms with van der Waals surface area (Å²) in [5.41, 5.74) is 2.30. The fourth-order valence-electron chi connectivity index (χ4n) is 1.58. The Kier molecular flexibility index (Phi) is 6.31. The molecule has 96 valence electrons. The standard InChI is InChI=1S/C13H19BrClNO/c1-10(2)17-7-6-16(3)13-5-4-12(14)8-11(13)9-15/h4-5,8,10H,6-7,9H2,1-3H3. The minimum absolute atomic E-state index is 0.279. The Morgan fingerprint density at radius 1 is 1.41 bits per heavy atom. The first-order valence-electron chi connectivity index (χ1n) is 5.71. The van der Waals surface area contributed by atoms with Gasteiger partial charge in [0.2, 0.25) is 0 Å². The average Bonchev–Trinajstić information content (AvgIpc) is 2.28. The normalized spacial score (nSPS) is 10.9. The van der Waals surface area contributed by atoms with Gasteiger partial charge in [0.1, 0.15) is 0 Å². The lowest BCUT2D eigenvalue weighted by Crippen LogP contribution is -2.24. The third kappa shape index (κ3) is 4.86. The highest BCUT2D eigenvalue weighted by molar-refractivity contribution is 9.10. The van der Waals surface area contributed by atoms with Crippen LogP contribution in [0, 0.1) is 0 Å². The summed E-state index contributed by atoms with van der Waals surface area (Å²) in [6.07, 6.45) is 0.279. The summed E-state index contributed by atoms with van der Waals surface area (Å²) in [5, 5.41) is 0. The summed E-state index contributed by atoms with van der Waals surface area (Å²) in [6, 6.07) is 6.17.